The average Bonchev–Trinajstić information content (AvgIpc) is 1.89. The third kappa shape index (κ3) is 4.37. The minimum atomic E-state index is 0.0561. The highest BCUT2D eigenvalue weighted by Gasteiger charge is 2.13. The molecule has 0 nitrogen and oxygen atoms in total. The molecule has 0 aliphatic carbocycles. The monoisotopic (exact) mass is 196 g/mol. The Kier molecular flexibility index (Phi) is 6.60. The minimum absolute atomic E-state index is 0.0561. The van der Waals surface area contributed by atoms with Gasteiger partial charge in [0.25, 0.3) is 0 Å². The van der Waals surface area contributed by atoms with Crippen LogP contribution in [0.3, 0.4) is 0 Å². The molecule has 0 aliphatic heterocycles. The van der Waals surface area contributed by atoms with Crippen molar-refractivity contribution in [3.8, 4) is 0 Å². The molecule has 10 heavy (non-hydrogen) atoms. The molecule has 0 rings (SSSR count). The van der Waals surface area contributed by atoms with Gasteiger partial charge in [-0.2, -0.15) is 0 Å². The van der Waals surface area contributed by atoms with Gasteiger partial charge in [0.2, 0.25) is 0 Å². The summed E-state index contributed by atoms with van der Waals surface area (Å²) in [7, 11) is 0.0561. The predicted octanol–water partition coefficient (Wildman–Crippen LogP) is 2.41. The van der Waals surface area contributed by atoms with E-state index in [0.29, 0.717) is 0 Å². The predicted molar refractivity (Wildman–Crippen MR) is 53.3 cm³/mol. The van der Waals surface area contributed by atoms with Gasteiger partial charge in [0.1, 0.15) is 0 Å². The lowest BCUT2D eigenvalue weighted by molar-refractivity contribution is 0.831. The van der Waals surface area contributed by atoms with Crippen molar-refractivity contribution in [3.63, 3.8) is 0 Å². The summed E-state index contributed by atoms with van der Waals surface area (Å²) >= 11 is 11.9. The Morgan fingerprint density at radius 1 is 1.50 bits per heavy atom. The summed E-state index contributed by atoms with van der Waals surface area (Å²) in [4.78, 5) is 0. The van der Waals surface area contributed by atoms with Crippen LogP contribution >= 0.6 is 23.2 Å². The highest BCUT2D eigenvalue weighted by molar-refractivity contribution is 6.39. The van der Waals surface area contributed by atoms with Gasteiger partial charge in [-0.3, -0.25) is 0 Å². The topological polar surface area (TPSA) is 0 Å². The summed E-state index contributed by atoms with van der Waals surface area (Å²) in [6, 6.07) is 1.13. The Hall–Kier alpha value is 0.537. The van der Waals surface area contributed by atoms with Crippen molar-refractivity contribution < 1.29 is 0 Å². The van der Waals surface area contributed by atoms with Gasteiger partial charge in [0.05, 0.1) is 5.38 Å². The first-order valence-corrected chi connectivity index (χ1v) is 6.90. The second-order valence-electron chi connectivity index (χ2n) is 2.35. The molecule has 0 spiro atoms. The maximum absolute atomic E-state index is 5.97. The van der Waals surface area contributed by atoms with E-state index in [9.17, 15) is 0 Å². The van der Waals surface area contributed by atoms with Crippen LogP contribution in [-0.2, 0) is 0 Å². The van der Waals surface area contributed by atoms with E-state index in [4.69, 9.17) is 23.2 Å². The molecule has 2 atom stereocenters. The van der Waals surface area contributed by atoms with Crippen LogP contribution in [-0.4, -0.2) is 20.3 Å². The summed E-state index contributed by atoms with van der Waals surface area (Å²) in [5.41, 5.74) is 0. The van der Waals surface area contributed by atoms with Gasteiger partial charge in [0.15, 0.2) is 0 Å². The largest absolute Gasteiger partial charge is 0.122 e. The van der Waals surface area contributed by atoms with Crippen molar-refractivity contribution >= 4 is 32.7 Å². The van der Waals surface area contributed by atoms with Gasteiger partial charge in [-0.25, -0.2) is 0 Å². The zero-order valence-electron chi connectivity index (χ0n) is 6.32. The van der Waals surface area contributed by atoms with Gasteiger partial charge in [-0.15, -0.1) is 29.8 Å². The summed E-state index contributed by atoms with van der Waals surface area (Å²) in [6.07, 6.45) is 2.65. The minimum Gasteiger partial charge on any atom is -0.122 e. The SMILES string of the molecule is C=CCC(Cl)C(Cl)C[SiH2]C. The Labute approximate surface area is 75.4 Å². The van der Waals surface area contributed by atoms with Crippen molar-refractivity contribution in [1.29, 1.82) is 0 Å². The molecule has 0 saturated heterocycles. The standard InChI is InChI=1S/C7H14Cl2Si/c1-3-4-6(8)7(9)5-10-2/h3,6-7H,1,4-5,10H2,2H3. The first-order valence-electron chi connectivity index (χ1n) is 3.61. The maximum Gasteiger partial charge on any atom is 0.0531 e. The van der Waals surface area contributed by atoms with Crippen LogP contribution < -0.4 is 0 Å². The zero-order chi connectivity index (χ0) is 7.98. The van der Waals surface area contributed by atoms with Gasteiger partial charge in [0, 0.05) is 14.9 Å². The Balaban J connectivity index is 3.47. The molecular formula is C7H14Cl2Si. The first kappa shape index (κ1) is 10.5. The van der Waals surface area contributed by atoms with Crippen molar-refractivity contribution in [3.05, 3.63) is 12.7 Å². The van der Waals surface area contributed by atoms with Crippen LogP contribution in [0.15, 0.2) is 12.7 Å². The molecule has 60 valence electrons. The summed E-state index contributed by atoms with van der Waals surface area (Å²) in [5.74, 6) is 0. The highest BCUT2D eigenvalue weighted by Crippen LogP contribution is 2.17. The van der Waals surface area contributed by atoms with E-state index in [-0.39, 0.29) is 20.3 Å². The van der Waals surface area contributed by atoms with Crippen LogP contribution in [0.4, 0.5) is 0 Å². The van der Waals surface area contributed by atoms with Crippen molar-refractivity contribution in [2.45, 2.75) is 29.8 Å². The smallest absolute Gasteiger partial charge is 0.0531 e. The molecule has 0 aromatic rings. The fourth-order valence-electron chi connectivity index (χ4n) is 0.763. The lowest BCUT2D eigenvalue weighted by atomic mass is 10.2. The van der Waals surface area contributed by atoms with Crippen LogP contribution in [0.2, 0.25) is 12.6 Å². The second kappa shape index (κ2) is 6.26. The quantitative estimate of drug-likeness (QED) is 0.360. The van der Waals surface area contributed by atoms with Crippen molar-refractivity contribution in [1.82, 2.24) is 0 Å². The van der Waals surface area contributed by atoms with E-state index in [0.717, 1.165) is 12.5 Å². The molecule has 0 N–H and O–H groups in total. The van der Waals surface area contributed by atoms with Crippen LogP contribution in [0.1, 0.15) is 6.42 Å². The van der Waals surface area contributed by atoms with Crippen molar-refractivity contribution in [2.75, 3.05) is 0 Å². The van der Waals surface area contributed by atoms with Gasteiger partial charge < -0.3 is 0 Å². The Bertz CT molecular complexity index is 95.6. The molecule has 0 radical (unpaired) electrons. The van der Waals surface area contributed by atoms with E-state index in [2.05, 4.69) is 13.1 Å². The zero-order valence-corrected chi connectivity index (χ0v) is 9.24. The lowest BCUT2D eigenvalue weighted by Crippen LogP contribution is -2.14. The summed E-state index contributed by atoms with van der Waals surface area (Å²) in [6.45, 7) is 5.85. The number of halogens is 2. The second-order valence-corrected chi connectivity index (χ2v) is 5.04. The molecule has 0 heterocycles. The van der Waals surface area contributed by atoms with Crippen LogP contribution in [0.5, 0.6) is 0 Å². The molecule has 0 aromatic carbocycles. The first-order chi connectivity index (χ1) is 4.72. The number of alkyl halides is 2. The molecule has 0 bridgehead atoms. The van der Waals surface area contributed by atoms with Crippen LogP contribution in [0.25, 0.3) is 0 Å². The molecule has 2 unspecified atom stereocenters. The van der Waals surface area contributed by atoms with E-state index >= 15 is 0 Å². The fraction of sp³-hybridized carbons (Fsp3) is 0.714. The molecule has 0 saturated carbocycles. The summed E-state index contributed by atoms with van der Waals surface area (Å²) < 4.78 is 0. The van der Waals surface area contributed by atoms with Crippen LogP contribution in [0, 0.1) is 0 Å². The Morgan fingerprint density at radius 3 is 2.50 bits per heavy atom. The average molecular weight is 197 g/mol. The van der Waals surface area contributed by atoms with E-state index in [1.807, 2.05) is 6.08 Å². The third-order valence-electron chi connectivity index (χ3n) is 1.35. The molecule has 0 aliphatic rings. The molecule has 0 amide bonds. The maximum atomic E-state index is 5.97. The third-order valence-corrected chi connectivity index (χ3v) is 4.05. The number of hydrogen-bond acceptors (Lipinski definition) is 0. The highest BCUT2D eigenvalue weighted by atomic mass is 35.5. The van der Waals surface area contributed by atoms with E-state index < -0.39 is 0 Å². The normalized spacial score (nSPS) is 17.5. The van der Waals surface area contributed by atoms with Gasteiger partial charge >= 0.3 is 0 Å². The number of hydrogen-bond donors (Lipinski definition) is 0. The number of allylic oxidation sites excluding steroid dienone is 1. The van der Waals surface area contributed by atoms with Gasteiger partial charge in [-0.05, 0) is 12.5 Å². The number of rotatable bonds is 5. The molecule has 3 heteroatoms. The van der Waals surface area contributed by atoms with E-state index in [1.165, 1.54) is 0 Å². The van der Waals surface area contributed by atoms with Crippen molar-refractivity contribution in [2.24, 2.45) is 0 Å². The molecule has 0 aromatic heterocycles. The lowest BCUT2D eigenvalue weighted by Gasteiger charge is -2.12. The summed E-state index contributed by atoms with van der Waals surface area (Å²) in [5, 5.41) is 0.253. The molecular weight excluding hydrogens is 183 g/mol. The molecule has 0 fully saturated rings. The van der Waals surface area contributed by atoms with Gasteiger partial charge in [-0.1, -0.05) is 12.6 Å². The Morgan fingerprint density at radius 2 is 2.10 bits per heavy atom. The fourth-order valence-corrected chi connectivity index (χ4v) is 2.94. The van der Waals surface area contributed by atoms with E-state index in [1.54, 1.807) is 0 Å².